The monoisotopic (exact) mass is 501 g/mol. The molecule has 1 N–H and O–H groups in total. The standard InChI is InChI=1S/C26H30F3N5O2/c1-19-17-33(23-7-8-24(21(15-23)16-30)36-26(27,28)29)13-14-34(19)25(35)31-22-9-11-32(12-10-22)18-20-5-3-2-4-6-20/h2-8,15,19,22H,9-14,17-18H2,1H3,(H,31,35)/t19-/m1/s1. The number of piperidine rings is 1. The highest BCUT2D eigenvalue weighted by Gasteiger charge is 2.33. The van der Waals surface area contributed by atoms with E-state index in [1.165, 1.54) is 17.7 Å². The van der Waals surface area contributed by atoms with E-state index in [0.29, 0.717) is 25.3 Å². The zero-order valence-corrected chi connectivity index (χ0v) is 20.2. The first kappa shape index (κ1) is 25.6. The molecule has 2 heterocycles. The van der Waals surface area contributed by atoms with Gasteiger partial charge >= 0.3 is 12.4 Å². The summed E-state index contributed by atoms with van der Waals surface area (Å²) in [5.41, 5.74) is 1.73. The fraction of sp³-hybridized carbons (Fsp3) is 0.462. The second-order valence-corrected chi connectivity index (χ2v) is 9.31. The van der Waals surface area contributed by atoms with Crippen LogP contribution in [0.2, 0.25) is 0 Å². The lowest BCUT2D eigenvalue weighted by Gasteiger charge is -2.42. The van der Waals surface area contributed by atoms with Gasteiger partial charge < -0.3 is 19.9 Å². The number of amides is 2. The molecule has 0 aliphatic carbocycles. The van der Waals surface area contributed by atoms with Gasteiger partial charge in [0.15, 0.2) is 0 Å². The van der Waals surface area contributed by atoms with Crippen LogP contribution >= 0.6 is 0 Å². The predicted octanol–water partition coefficient (Wildman–Crippen LogP) is 4.34. The minimum atomic E-state index is -4.86. The number of urea groups is 1. The van der Waals surface area contributed by atoms with E-state index in [2.05, 4.69) is 27.1 Å². The molecular weight excluding hydrogens is 471 g/mol. The van der Waals surface area contributed by atoms with Crippen molar-refractivity contribution in [3.8, 4) is 11.8 Å². The van der Waals surface area contributed by atoms with E-state index >= 15 is 0 Å². The smallest absolute Gasteiger partial charge is 0.404 e. The predicted molar refractivity (Wildman–Crippen MR) is 129 cm³/mol. The van der Waals surface area contributed by atoms with Crippen LogP contribution < -0.4 is 15.0 Å². The maximum absolute atomic E-state index is 13.0. The highest BCUT2D eigenvalue weighted by atomic mass is 19.4. The van der Waals surface area contributed by atoms with E-state index in [0.717, 1.165) is 38.5 Å². The second kappa shape index (κ2) is 11.1. The lowest BCUT2D eigenvalue weighted by atomic mass is 10.0. The van der Waals surface area contributed by atoms with Crippen molar-refractivity contribution in [3.05, 3.63) is 59.7 Å². The molecule has 10 heteroatoms. The zero-order chi connectivity index (χ0) is 25.7. The molecule has 0 unspecified atom stereocenters. The summed E-state index contributed by atoms with van der Waals surface area (Å²) in [7, 11) is 0. The third kappa shape index (κ3) is 6.61. The topological polar surface area (TPSA) is 71.8 Å². The number of nitrogens with zero attached hydrogens (tertiary/aromatic N) is 4. The van der Waals surface area contributed by atoms with Crippen LogP contribution in [0.4, 0.5) is 23.7 Å². The number of nitrogens with one attached hydrogen (secondary N) is 1. The Kier molecular flexibility index (Phi) is 7.89. The largest absolute Gasteiger partial charge is 0.573 e. The van der Waals surface area contributed by atoms with E-state index in [1.54, 1.807) is 11.0 Å². The highest BCUT2D eigenvalue weighted by molar-refractivity contribution is 5.75. The molecule has 2 aromatic rings. The van der Waals surface area contributed by atoms with Gasteiger partial charge in [-0.2, -0.15) is 5.26 Å². The minimum Gasteiger partial charge on any atom is -0.404 e. The third-order valence-electron chi connectivity index (χ3n) is 6.73. The Morgan fingerprint density at radius 3 is 2.47 bits per heavy atom. The number of hydrogen-bond acceptors (Lipinski definition) is 5. The summed E-state index contributed by atoms with van der Waals surface area (Å²) in [4.78, 5) is 19.2. The van der Waals surface area contributed by atoms with Gasteiger partial charge in [-0.15, -0.1) is 13.2 Å². The van der Waals surface area contributed by atoms with Crippen molar-refractivity contribution in [1.29, 1.82) is 5.26 Å². The first-order valence-corrected chi connectivity index (χ1v) is 12.1. The number of alkyl halides is 3. The average Bonchev–Trinajstić information content (AvgIpc) is 2.85. The van der Waals surface area contributed by atoms with Crippen molar-refractivity contribution in [3.63, 3.8) is 0 Å². The van der Waals surface area contributed by atoms with Crippen LogP contribution in [-0.2, 0) is 6.54 Å². The molecule has 192 valence electrons. The number of carbonyl (C=O) groups is 1. The van der Waals surface area contributed by atoms with Crippen LogP contribution in [0.15, 0.2) is 48.5 Å². The van der Waals surface area contributed by atoms with Crippen molar-refractivity contribution >= 4 is 11.7 Å². The molecule has 0 radical (unpaired) electrons. The van der Waals surface area contributed by atoms with Crippen molar-refractivity contribution in [1.82, 2.24) is 15.1 Å². The first-order valence-electron chi connectivity index (χ1n) is 12.1. The van der Waals surface area contributed by atoms with Gasteiger partial charge in [-0.3, -0.25) is 4.90 Å². The summed E-state index contributed by atoms with van der Waals surface area (Å²) in [6.45, 7) is 6.21. The number of benzene rings is 2. The summed E-state index contributed by atoms with van der Waals surface area (Å²) in [5.74, 6) is -0.519. The Morgan fingerprint density at radius 1 is 1.11 bits per heavy atom. The minimum absolute atomic E-state index is 0.0877. The fourth-order valence-corrected chi connectivity index (χ4v) is 4.84. The number of likely N-dealkylation sites (tertiary alicyclic amines) is 1. The molecule has 2 saturated heterocycles. The van der Waals surface area contributed by atoms with Crippen LogP contribution in [0.3, 0.4) is 0 Å². The number of halogens is 3. The van der Waals surface area contributed by atoms with Crippen LogP contribution in [0, 0.1) is 11.3 Å². The van der Waals surface area contributed by atoms with Crippen molar-refractivity contribution in [2.24, 2.45) is 0 Å². The molecule has 7 nitrogen and oxygen atoms in total. The summed E-state index contributed by atoms with van der Waals surface area (Å²) < 4.78 is 41.7. The van der Waals surface area contributed by atoms with Crippen LogP contribution in [0.5, 0.6) is 5.75 Å². The van der Waals surface area contributed by atoms with E-state index in [1.807, 2.05) is 30.0 Å². The van der Waals surface area contributed by atoms with Gasteiger partial charge in [0.25, 0.3) is 0 Å². The van der Waals surface area contributed by atoms with Crippen LogP contribution in [-0.4, -0.2) is 67.0 Å². The van der Waals surface area contributed by atoms with Crippen molar-refractivity contribution in [2.75, 3.05) is 37.6 Å². The lowest BCUT2D eigenvalue weighted by molar-refractivity contribution is -0.274. The Bertz CT molecular complexity index is 1080. The van der Waals surface area contributed by atoms with Crippen LogP contribution in [0.1, 0.15) is 30.9 Å². The maximum Gasteiger partial charge on any atom is 0.573 e. The summed E-state index contributed by atoms with van der Waals surface area (Å²) >= 11 is 0. The Morgan fingerprint density at radius 2 is 1.83 bits per heavy atom. The molecule has 0 saturated carbocycles. The molecule has 4 rings (SSSR count). The molecular formula is C26H30F3N5O2. The molecule has 0 spiro atoms. The number of piperazine rings is 1. The summed E-state index contributed by atoms with van der Waals surface area (Å²) in [6, 6.07) is 16.1. The maximum atomic E-state index is 13.0. The second-order valence-electron chi connectivity index (χ2n) is 9.31. The highest BCUT2D eigenvalue weighted by Crippen LogP contribution is 2.30. The molecule has 2 aromatic carbocycles. The number of carbonyl (C=O) groups excluding carboxylic acids is 1. The number of rotatable bonds is 5. The Labute approximate surface area is 209 Å². The molecule has 2 fully saturated rings. The molecule has 2 aliphatic heterocycles. The summed E-state index contributed by atoms with van der Waals surface area (Å²) in [6.07, 6.45) is -3.06. The fourth-order valence-electron chi connectivity index (χ4n) is 4.84. The van der Waals surface area contributed by atoms with Gasteiger partial charge in [0.1, 0.15) is 11.8 Å². The van der Waals surface area contributed by atoms with Gasteiger partial charge in [0.2, 0.25) is 0 Å². The van der Waals surface area contributed by atoms with Gasteiger partial charge in [-0.25, -0.2) is 4.79 Å². The Balaban J connectivity index is 1.27. The Hall–Kier alpha value is -3.45. The molecule has 36 heavy (non-hydrogen) atoms. The number of ether oxygens (including phenoxy) is 1. The third-order valence-corrected chi connectivity index (χ3v) is 6.73. The average molecular weight is 502 g/mol. The number of hydrogen-bond donors (Lipinski definition) is 1. The lowest BCUT2D eigenvalue weighted by Crippen LogP contribution is -2.58. The molecule has 2 aliphatic rings. The van der Waals surface area contributed by atoms with Crippen molar-refractivity contribution < 1.29 is 22.7 Å². The molecule has 0 bridgehead atoms. The zero-order valence-electron chi connectivity index (χ0n) is 20.2. The quantitative estimate of drug-likeness (QED) is 0.660. The van der Waals surface area contributed by atoms with E-state index in [9.17, 15) is 23.2 Å². The van der Waals surface area contributed by atoms with Gasteiger partial charge in [-0.1, -0.05) is 30.3 Å². The molecule has 1 atom stereocenters. The van der Waals surface area contributed by atoms with Gasteiger partial charge in [0.05, 0.1) is 5.56 Å². The van der Waals surface area contributed by atoms with Crippen molar-refractivity contribution in [2.45, 2.75) is 44.8 Å². The first-order chi connectivity index (χ1) is 17.2. The number of anilines is 1. The van der Waals surface area contributed by atoms with Crippen LogP contribution in [0.25, 0.3) is 0 Å². The van der Waals surface area contributed by atoms with E-state index < -0.39 is 12.1 Å². The molecule has 2 amide bonds. The number of nitriles is 1. The summed E-state index contributed by atoms with van der Waals surface area (Å²) in [5, 5.41) is 12.5. The van der Waals surface area contributed by atoms with Gasteiger partial charge in [0, 0.05) is 57.0 Å². The van der Waals surface area contributed by atoms with E-state index in [-0.39, 0.29) is 23.7 Å². The van der Waals surface area contributed by atoms with E-state index in [4.69, 9.17) is 0 Å². The van der Waals surface area contributed by atoms with Gasteiger partial charge in [-0.05, 0) is 43.5 Å². The molecule has 0 aromatic heterocycles. The SMILES string of the molecule is C[C@@H]1CN(c2ccc(OC(F)(F)F)c(C#N)c2)CCN1C(=O)NC1CCN(Cc2ccccc2)CC1. The normalized spacial score (nSPS) is 19.6.